The van der Waals surface area contributed by atoms with Crippen LogP contribution in [-0.4, -0.2) is 50.9 Å². The maximum atomic E-state index is 12.4. The predicted molar refractivity (Wildman–Crippen MR) is 87.6 cm³/mol. The smallest absolute Gasteiger partial charge is 0.748 e. The van der Waals surface area contributed by atoms with Crippen molar-refractivity contribution in [2.45, 2.75) is 68.7 Å². The largest absolute Gasteiger partial charge is 1.00 e. The van der Waals surface area contributed by atoms with E-state index < -0.39 is 25.4 Å². The van der Waals surface area contributed by atoms with E-state index >= 15 is 0 Å². The average Bonchev–Trinajstić information content (AvgIpc) is 2.45. The Bertz CT molecular complexity index is 667. The Kier molecular flexibility index (Phi) is 8.84. The van der Waals surface area contributed by atoms with Gasteiger partial charge in [0.15, 0.2) is 0 Å². The molecule has 4 unspecified atom stereocenters. The van der Waals surface area contributed by atoms with Crippen molar-refractivity contribution in [3.63, 3.8) is 0 Å². The third-order valence-electron chi connectivity index (χ3n) is 4.81. The van der Waals surface area contributed by atoms with E-state index in [1.165, 1.54) is 0 Å². The SMILES string of the molecule is CS(=O)(=O)NC1CCCC(C(=O)NC2CCCC(S(=O)(=O)[O-])C2)C1.[Na+]. The molecule has 4 atom stereocenters. The van der Waals surface area contributed by atoms with Crippen molar-refractivity contribution in [1.82, 2.24) is 10.0 Å². The first kappa shape index (κ1) is 23.3. The third kappa shape index (κ3) is 7.82. The van der Waals surface area contributed by atoms with E-state index in [1.807, 2.05) is 0 Å². The molecule has 0 aromatic carbocycles. The molecular weight excluding hydrogens is 379 g/mol. The summed E-state index contributed by atoms with van der Waals surface area (Å²) in [5.41, 5.74) is 0. The van der Waals surface area contributed by atoms with Crippen molar-refractivity contribution >= 4 is 26.0 Å². The molecule has 0 saturated heterocycles. The molecule has 25 heavy (non-hydrogen) atoms. The van der Waals surface area contributed by atoms with Gasteiger partial charge in [0.25, 0.3) is 0 Å². The Morgan fingerprint density at radius 1 is 0.960 bits per heavy atom. The van der Waals surface area contributed by atoms with Gasteiger partial charge in [0, 0.05) is 18.0 Å². The molecule has 2 rings (SSSR count). The molecule has 0 aromatic heterocycles. The van der Waals surface area contributed by atoms with Crippen molar-refractivity contribution in [2.24, 2.45) is 5.92 Å². The minimum Gasteiger partial charge on any atom is -0.748 e. The Morgan fingerprint density at radius 2 is 1.56 bits per heavy atom. The fourth-order valence-electron chi connectivity index (χ4n) is 3.69. The maximum Gasteiger partial charge on any atom is 1.00 e. The minimum absolute atomic E-state index is 0. The zero-order valence-corrected chi connectivity index (χ0v) is 18.4. The standard InChI is InChI=1S/C14H26N2O6S2.Na/c1-23(18,19)16-12-6-2-4-10(8-12)14(17)15-11-5-3-7-13(9-11)24(20,21)22;/h10-13,16H,2-9H2,1H3,(H,15,17)(H,20,21,22);/q;+1/p-1. The molecule has 0 aromatic rings. The van der Waals surface area contributed by atoms with Crippen LogP contribution in [0.5, 0.6) is 0 Å². The van der Waals surface area contributed by atoms with Gasteiger partial charge in [-0.25, -0.2) is 21.6 Å². The van der Waals surface area contributed by atoms with E-state index in [9.17, 15) is 26.2 Å². The minimum atomic E-state index is -4.33. The van der Waals surface area contributed by atoms with Gasteiger partial charge in [-0.15, -0.1) is 0 Å². The monoisotopic (exact) mass is 404 g/mol. The Labute approximate surface area is 172 Å². The number of nitrogens with one attached hydrogen (secondary N) is 2. The zero-order chi connectivity index (χ0) is 18.0. The number of carbonyl (C=O) groups is 1. The third-order valence-corrected chi connectivity index (χ3v) is 6.81. The van der Waals surface area contributed by atoms with Gasteiger partial charge in [-0.1, -0.05) is 12.8 Å². The number of sulfonamides is 1. The van der Waals surface area contributed by atoms with Crippen LogP contribution in [-0.2, 0) is 24.9 Å². The molecule has 2 aliphatic carbocycles. The summed E-state index contributed by atoms with van der Waals surface area (Å²) in [6, 6.07) is -0.547. The number of amides is 1. The zero-order valence-electron chi connectivity index (χ0n) is 14.7. The molecule has 0 bridgehead atoms. The summed E-state index contributed by atoms with van der Waals surface area (Å²) in [6.45, 7) is 0. The van der Waals surface area contributed by atoms with Gasteiger partial charge in [-0.3, -0.25) is 4.79 Å². The molecule has 140 valence electrons. The summed E-state index contributed by atoms with van der Waals surface area (Å²) in [7, 11) is -7.63. The van der Waals surface area contributed by atoms with Crippen molar-refractivity contribution < 1.29 is 55.7 Å². The summed E-state index contributed by atoms with van der Waals surface area (Å²) < 4.78 is 58.7. The fraction of sp³-hybridized carbons (Fsp3) is 0.929. The fourth-order valence-corrected chi connectivity index (χ4v) is 5.44. The summed E-state index contributed by atoms with van der Waals surface area (Å²) in [5, 5.41) is 1.93. The van der Waals surface area contributed by atoms with Crippen LogP contribution in [0.1, 0.15) is 51.4 Å². The van der Waals surface area contributed by atoms with Gasteiger partial charge < -0.3 is 9.87 Å². The van der Waals surface area contributed by atoms with E-state index in [0.29, 0.717) is 38.5 Å². The topological polar surface area (TPSA) is 132 Å². The molecule has 2 aliphatic rings. The molecule has 1 amide bonds. The number of rotatable bonds is 5. The summed E-state index contributed by atoms with van der Waals surface area (Å²) >= 11 is 0. The van der Waals surface area contributed by atoms with E-state index in [4.69, 9.17) is 0 Å². The summed E-state index contributed by atoms with van der Waals surface area (Å²) in [6.07, 6.45) is 5.46. The molecule has 8 nitrogen and oxygen atoms in total. The Balaban J connectivity index is 0.00000312. The quantitative estimate of drug-likeness (QED) is 0.372. The maximum absolute atomic E-state index is 12.4. The van der Waals surface area contributed by atoms with Crippen molar-refractivity contribution in [3.8, 4) is 0 Å². The van der Waals surface area contributed by atoms with Crippen molar-refractivity contribution in [2.75, 3.05) is 6.26 Å². The number of hydrogen-bond donors (Lipinski definition) is 2. The first-order valence-corrected chi connectivity index (χ1v) is 11.6. The van der Waals surface area contributed by atoms with Gasteiger partial charge in [0.05, 0.1) is 21.6 Å². The number of carbonyl (C=O) groups excluding carboxylic acids is 1. The Hall–Kier alpha value is 0.290. The van der Waals surface area contributed by atoms with Crippen LogP contribution in [0.3, 0.4) is 0 Å². The van der Waals surface area contributed by atoms with Crippen molar-refractivity contribution in [3.05, 3.63) is 0 Å². The van der Waals surface area contributed by atoms with Crippen LogP contribution in [0.2, 0.25) is 0 Å². The van der Waals surface area contributed by atoms with Crippen LogP contribution in [0.15, 0.2) is 0 Å². The van der Waals surface area contributed by atoms with Crippen LogP contribution in [0.25, 0.3) is 0 Å². The molecule has 2 saturated carbocycles. The van der Waals surface area contributed by atoms with Crippen LogP contribution >= 0.6 is 0 Å². The van der Waals surface area contributed by atoms with Crippen LogP contribution in [0, 0.1) is 5.92 Å². The van der Waals surface area contributed by atoms with E-state index in [2.05, 4.69) is 10.0 Å². The van der Waals surface area contributed by atoms with Gasteiger partial charge in [0.1, 0.15) is 0 Å². The van der Waals surface area contributed by atoms with Crippen molar-refractivity contribution in [1.29, 1.82) is 0 Å². The van der Waals surface area contributed by atoms with E-state index in [-0.39, 0.29) is 59.9 Å². The van der Waals surface area contributed by atoms with Crippen LogP contribution in [0.4, 0.5) is 0 Å². The summed E-state index contributed by atoms with van der Waals surface area (Å²) in [4.78, 5) is 12.4. The summed E-state index contributed by atoms with van der Waals surface area (Å²) in [5.74, 6) is -0.466. The molecule has 0 spiro atoms. The first-order chi connectivity index (χ1) is 11.0. The van der Waals surface area contributed by atoms with Gasteiger partial charge in [-0.05, 0) is 38.5 Å². The molecule has 0 radical (unpaired) electrons. The second-order valence-electron chi connectivity index (χ2n) is 6.94. The molecule has 2 fully saturated rings. The molecule has 11 heteroatoms. The van der Waals surface area contributed by atoms with Gasteiger partial charge >= 0.3 is 29.6 Å². The Morgan fingerprint density at radius 3 is 2.16 bits per heavy atom. The molecule has 2 N–H and O–H groups in total. The second kappa shape index (κ2) is 9.48. The van der Waals surface area contributed by atoms with E-state index in [0.717, 1.165) is 12.7 Å². The van der Waals surface area contributed by atoms with Crippen LogP contribution < -0.4 is 39.6 Å². The molecule has 0 heterocycles. The normalized spacial score (nSPS) is 31.0. The predicted octanol–water partition coefficient (Wildman–Crippen LogP) is -2.93. The van der Waals surface area contributed by atoms with Gasteiger partial charge in [0.2, 0.25) is 15.9 Å². The number of hydrogen-bond acceptors (Lipinski definition) is 6. The average molecular weight is 404 g/mol. The molecular formula is C14H25N2NaO6S2. The first-order valence-electron chi connectivity index (χ1n) is 8.27. The molecule has 0 aliphatic heterocycles. The van der Waals surface area contributed by atoms with E-state index in [1.54, 1.807) is 0 Å². The van der Waals surface area contributed by atoms with Gasteiger partial charge in [-0.2, -0.15) is 0 Å². The second-order valence-corrected chi connectivity index (χ2v) is 10.4.